The summed E-state index contributed by atoms with van der Waals surface area (Å²) in [6, 6.07) is 17.6. The molecule has 0 bridgehead atoms. The van der Waals surface area contributed by atoms with Gasteiger partial charge in [0.15, 0.2) is 0 Å². The van der Waals surface area contributed by atoms with Crippen molar-refractivity contribution in [3.05, 3.63) is 54.1 Å². The standard InChI is InChI=1S/C17H21NS2/c1-4-20-17-8-6-5-7-16(17)18-13(2)14-9-11-15(19-3)12-10-14/h5-13,18H,4H2,1-3H3. The lowest BCUT2D eigenvalue weighted by Crippen LogP contribution is -2.07. The summed E-state index contributed by atoms with van der Waals surface area (Å²) in [6.07, 6.45) is 2.11. The van der Waals surface area contributed by atoms with E-state index in [2.05, 4.69) is 74.0 Å². The molecule has 0 fully saturated rings. The largest absolute Gasteiger partial charge is 0.378 e. The maximum absolute atomic E-state index is 3.62. The van der Waals surface area contributed by atoms with E-state index in [1.165, 1.54) is 21.0 Å². The fourth-order valence-corrected chi connectivity index (χ4v) is 3.25. The first kappa shape index (κ1) is 15.3. The molecule has 0 spiro atoms. The molecule has 3 heteroatoms. The van der Waals surface area contributed by atoms with Crippen molar-refractivity contribution >= 4 is 29.2 Å². The van der Waals surface area contributed by atoms with Crippen LogP contribution in [0.3, 0.4) is 0 Å². The summed E-state index contributed by atoms with van der Waals surface area (Å²) in [4.78, 5) is 2.63. The summed E-state index contributed by atoms with van der Waals surface area (Å²) in [6.45, 7) is 4.40. The van der Waals surface area contributed by atoms with Crippen LogP contribution in [0, 0.1) is 0 Å². The monoisotopic (exact) mass is 303 g/mol. The number of anilines is 1. The number of para-hydroxylation sites is 1. The normalized spacial score (nSPS) is 12.2. The van der Waals surface area contributed by atoms with Crippen LogP contribution >= 0.6 is 23.5 Å². The van der Waals surface area contributed by atoms with E-state index in [0.29, 0.717) is 6.04 Å². The molecular formula is C17H21NS2. The Morgan fingerprint density at radius 2 is 1.75 bits per heavy atom. The highest BCUT2D eigenvalue weighted by atomic mass is 32.2. The van der Waals surface area contributed by atoms with Crippen LogP contribution in [-0.4, -0.2) is 12.0 Å². The Morgan fingerprint density at radius 1 is 1.05 bits per heavy atom. The van der Waals surface area contributed by atoms with Gasteiger partial charge < -0.3 is 5.32 Å². The Bertz CT molecular complexity index is 537. The Labute approximate surface area is 130 Å². The summed E-state index contributed by atoms with van der Waals surface area (Å²) < 4.78 is 0. The van der Waals surface area contributed by atoms with E-state index in [9.17, 15) is 0 Å². The first-order valence-electron chi connectivity index (χ1n) is 6.87. The van der Waals surface area contributed by atoms with Crippen LogP contribution in [0.5, 0.6) is 0 Å². The molecule has 2 rings (SSSR count). The number of benzene rings is 2. The number of hydrogen-bond acceptors (Lipinski definition) is 3. The Hall–Kier alpha value is -1.06. The van der Waals surface area contributed by atoms with Crippen LogP contribution in [0.4, 0.5) is 5.69 Å². The summed E-state index contributed by atoms with van der Waals surface area (Å²) in [5.41, 5.74) is 2.54. The molecule has 2 aromatic rings. The molecule has 1 N–H and O–H groups in total. The molecule has 1 atom stereocenters. The topological polar surface area (TPSA) is 12.0 Å². The van der Waals surface area contributed by atoms with Gasteiger partial charge in [-0.1, -0.05) is 31.2 Å². The molecule has 2 aromatic carbocycles. The van der Waals surface area contributed by atoms with Crippen molar-refractivity contribution in [3.63, 3.8) is 0 Å². The molecule has 0 aliphatic rings. The zero-order valence-electron chi connectivity index (χ0n) is 12.2. The third kappa shape index (κ3) is 3.97. The van der Waals surface area contributed by atoms with Gasteiger partial charge in [-0.2, -0.15) is 0 Å². The van der Waals surface area contributed by atoms with Crippen LogP contribution < -0.4 is 5.32 Å². The molecule has 0 aliphatic carbocycles. The summed E-state index contributed by atoms with van der Waals surface area (Å²) in [5, 5.41) is 3.62. The van der Waals surface area contributed by atoms with E-state index in [-0.39, 0.29) is 0 Å². The maximum atomic E-state index is 3.62. The Balaban J connectivity index is 2.12. The number of rotatable bonds is 6. The van der Waals surface area contributed by atoms with E-state index in [4.69, 9.17) is 0 Å². The SMILES string of the molecule is CCSc1ccccc1NC(C)c1ccc(SC)cc1. The Morgan fingerprint density at radius 3 is 2.40 bits per heavy atom. The van der Waals surface area contributed by atoms with E-state index < -0.39 is 0 Å². The maximum Gasteiger partial charge on any atom is 0.0486 e. The smallest absolute Gasteiger partial charge is 0.0486 e. The number of nitrogens with one attached hydrogen (secondary N) is 1. The van der Waals surface area contributed by atoms with Gasteiger partial charge in [-0.25, -0.2) is 0 Å². The van der Waals surface area contributed by atoms with E-state index in [0.717, 1.165) is 5.75 Å². The highest BCUT2D eigenvalue weighted by Crippen LogP contribution is 2.30. The van der Waals surface area contributed by atoms with Gasteiger partial charge in [0, 0.05) is 21.5 Å². The summed E-state index contributed by atoms with van der Waals surface area (Å²) >= 11 is 3.66. The van der Waals surface area contributed by atoms with Crippen molar-refractivity contribution in [1.29, 1.82) is 0 Å². The van der Waals surface area contributed by atoms with Gasteiger partial charge in [0.1, 0.15) is 0 Å². The third-order valence-electron chi connectivity index (χ3n) is 3.17. The molecule has 0 aliphatic heterocycles. The quantitative estimate of drug-likeness (QED) is 0.688. The molecule has 1 nitrogen and oxygen atoms in total. The van der Waals surface area contributed by atoms with Crippen molar-refractivity contribution < 1.29 is 0 Å². The van der Waals surface area contributed by atoms with Gasteiger partial charge in [0.25, 0.3) is 0 Å². The Kier molecular flexibility index (Phi) is 5.86. The number of hydrogen-bond donors (Lipinski definition) is 1. The average molecular weight is 303 g/mol. The number of thioether (sulfide) groups is 2. The van der Waals surface area contributed by atoms with Crippen LogP contribution in [0.2, 0.25) is 0 Å². The van der Waals surface area contributed by atoms with Crippen molar-refractivity contribution in [1.82, 2.24) is 0 Å². The van der Waals surface area contributed by atoms with Gasteiger partial charge in [-0.05, 0) is 48.8 Å². The summed E-state index contributed by atoms with van der Waals surface area (Å²) in [7, 11) is 0. The van der Waals surface area contributed by atoms with Gasteiger partial charge in [0.2, 0.25) is 0 Å². The van der Waals surface area contributed by atoms with E-state index >= 15 is 0 Å². The van der Waals surface area contributed by atoms with Gasteiger partial charge in [-0.3, -0.25) is 0 Å². The lowest BCUT2D eigenvalue weighted by atomic mass is 10.1. The van der Waals surface area contributed by atoms with Crippen molar-refractivity contribution in [2.45, 2.75) is 29.7 Å². The second kappa shape index (κ2) is 7.65. The van der Waals surface area contributed by atoms with Crippen molar-refractivity contribution in [2.75, 3.05) is 17.3 Å². The minimum atomic E-state index is 0.310. The lowest BCUT2D eigenvalue weighted by Gasteiger charge is -2.18. The molecule has 20 heavy (non-hydrogen) atoms. The van der Waals surface area contributed by atoms with Gasteiger partial charge in [0.05, 0.1) is 0 Å². The molecular weight excluding hydrogens is 282 g/mol. The molecule has 106 valence electrons. The van der Waals surface area contributed by atoms with Crippen molar-refractivity contribution in [3.8, 4) is 0 Å². The predicted molar refractivity (Wildman–Crippen MR) is 93.1 cm³/mol. The molecule has 0 amide bonds. The van der Waals surface area contributed by atoms with Crippen LogP contribution in [-0.2, 0) is 0 Å². The van der Waals surface area contributed by atoms with Crippen LogP contribution in [0.25, 0.3) is 0 Å². The molecule has 0 heterocycles. The van der Waals surface area contributed by atoms with Crippen LogP contribution in [0.15, 0.2) is 58.3 Å². The minimum Gasteiger partial charge on any atom is -0.378 e. The lowest BCUT2D eigenvalue weighted by molar-refractivity contribution is 0.877. The van der Waals surface area contributed by atoms with Crippen LogP contribution in [0.1, 0.15) is 25.5 Å². The fourth-order valence-electron chi connectivity index (χ4n) is 2.08. The fraction of sp³-hybridized carbons (Fsp3) is 0.294. The highest BCUT2D eigenvalue weighted by molar-refractivity contribution is 7.99. The zero-order chi connectivity index (χ0) is 14.4. The van der Waals surface area contributed by atoms with Gasteiger partial charge >= 0.3 is 0 Å². The van der Waals surface area contributed by atoms with Crippen molar-refractivity contribution in [2.24, 2.45) is 0 Å². The van der Waals surface area contributed by atoms with E-state index in [1.54, 1.807) is 11.8 Å². The second-order valence-electron chi connectivity index (χ2n) is 4.57. The first-order chi connectivity index (χ1) is 9.74. The minimum absolute atomic E-state index is 0.310. The first-order valence-corrected chi connectivity index (χ1v) is 9.08. The second-order valence-corrected chi connectivity index (χ2v) is 6.75. The summed E-state index contributed by atoms with van der Waals surface area (Å²) in [5.74, 6) is 1.09. The molecule has 0 saturated heterocycles. The third-order valence-corrected chi connectivity index (χ3v) is 4.87. The zero-order valence-corrected chi connectivity index (χ0v) is 13.9. The highest BCUT2D eigenvalue weighted by Gasteiger charge is 2.08. The molecule has 0 aromatic heterocycles. The van der Waals surface area contributed by atoms with Gasteiger partial charge in [-0.15, -0.1) is 23.5 Å². The molecule has 0 saturated carbocycles. The molecule has 0 radical (unpaired) electrons. The van der Waals surface area contributed by atoms with E-state index in [1.807, 2.05) is 11.8 Å². The molecule has 1 unspecified atom stereocenters. The predicted octanol–water partition coefficient (Wildman–Crippen LogP) is 5.69. The average Bonchev–Trinajstić information content (AvgIpc) is 2.49.